The molecule has 5 nitrogen and oxygen atoms in total. The minimum atomic E-state index is -0.0673. The average Bonchev–Trinajstić information content (AvgIpc) is 3.27. The normalized spacial score (nSPS) is 11.7. The van der Waals surface area contributed by atoms with Gasteiger partial charge in [0.25, 0.3) is 0 Å². The second-order valence-corrected chi connectivity index (χ2v) is 7.57. The molecule has 0 aliphatic carbocycles. The number of methoxy groups -OCH3 is 1. The third kappa shape index (κ3) is 6.07. The first kappa shape index (κ1) is 20.9. The third-order valence-corrected chi connectivity index (χ3v) is 5.39. The Bertz CT molecular complexity index is 895. The molecule has 2 N–H and O–H groups in total. The van der Waals surface area contributed by atoms with Crippen molar-refractivity contribution >= 4 is 17.2 Å². The Morgan fingerprint density at radius 1 is 1.03 bits per heavy atom. The van der Waals surface area contributed by atoms with Crippen molar-refractivity contribution in [1.82, 2.24) is 10.6 Å². The van der Waals surface area contributed by atoms with Gasteiger partial charge in [0.1, 0.15) is 6.61 Å². The highest BCUT2D eigenvalue weighted by Gasteiger charge is 2.16. The number of benzene rings is 2. The highest BCUT2D eigenvalue weighted by Crippen LogP contribution is 2.26. The van der Waals surface area contributed by atoms with Crippen LogP contribution in [0.3, 0.4) is 0 Å². The van der Waals surface area contributed by atoms with Crippen molar-refractivity contribution in [3.8, 4) is 11.5 Å². The van der Waals surface area contributed by atoms with Gasteiger partial charge in [-0.2, -0.15) is 0 Å². The lowest BCUT2D eigenvalue weighted by atomic mass is 10.0. The molecule has 1 amide bonds. The van der Waals surface area contributed by atoms with Crippen LogP contribution in [0.15, 0.2) is 66.0 Å². The Hall–Kier alpha value is -2.83. The molecule has 3 aromatic rings. The second kappa shape index (κ2) is 10.6. The van der Waals surface area contributed by atoms with Gasteiger partial charge in [-0.3, -0.25) is 10.1 Å². The van der Waals surface area contributed by atoms with E-state index in [2.05, 4.69) is 47.9 Å². The van der Waals surface area contributed by atoms with Crippen molar-refractivity contribution in [2.75, 3.05) is 26.8 Å². The van der Waals surface area contributed by atoms with Crippen LogP contribution >= 0.6 is 11.3 Å². The molecule has 1 aromatic heterocycles. The van der Waals surface area contributed by atoms with Gasteiger partial charge in [-0.1, -0.05) is 48.0 Å². The molecule has 0 saturated heterocycles. The molecule has 0 bridgehead atoms. The van der Waals surface area contributed by atoms with Crippen LogP contribution in [-0.4, -0.2) is 32.7 Å². The fraction of sp³-hybridized carbons (Fsp3) is 0.261. The number of amides is 1. The molecule has 0 aliphatic heterocycles. The molecule has 0 spiro atoms. The standard InChI is InChI=1S/C23H26N2O3S/c1-17-9-11-18(12-10-17)23(21-8-5-15-29-21)25-16-22(26)24-13-14-28-20-7-4-3-6-19(20)27-2/h3-12,15,23,25H,13-14,16H2,1-2H3,(H,24,26)/t23-/m0/s1. The number of nitrogens with one attached hydrogen (secondary N) is 2. The van der Waals surface area contributed by atoms with Crippen molar-refractivity contribution < 1.29 is 14.3 Å². The van der Waals surface area contributed by atoms with Crippen LogP contribution < -0.4 is 20.1 Å². The molecule has 3 rings (SSSR count). The topological polar surface area (TPSA) is 59.6 Å². The number of para-hydroxylation sites is 2. The summed E-state index contributed by atoms with van der Waals surface area (Å²) in [6, 6.07) is 19.9. The third-order valence-electron chi connectivity index (χ3n) is 4.46. The zero-order valence-electron chi connectivity index (χ0n) is 16.7. The van der Waals surface area contributed by atoms with E-state index in [4.69, 9.17) is 9.47 Å². The minimum Gasteiger partial charge on any atom is -0.493 e. The summed E-state index contributed by atoms with van der Waals surface area (Å²) in [6.07, 6.45) is 0. The lowest BCUT2D eigenvalue weighted by Crippen LogP contribution is -2.37. The molecule has 0 unspecified atom stereocenters. The fourth-order valence-corrected chi connectivity index (χ4v) is 3.77. The molecule has 1 heterocycles. The van der Waals surface area contributed by atoms with E-state index in [0.29, 0.717) is 24.7 Å². The highest BCUT2D eigenvalue weighted by molar-refractivity contribution is 7.10. The SMILES string of the molecule is COc1ccccc1OCCNC(=O)CN[C@@H](c1ccc(C)cc1)c1cccs1. The predicted octanol–water partition coefficient (Wildman–Crippen LogP) is 3.94. The molecular weight excluding hydrogens is 384 g/mol. The Morgan fingerprint density at radius 2 is 1.79 bits per heavy atom. The number of carbonyl (C=O) groups is 1. The predicted molar refractivity (Wildman–Crippen MR) is 117 cm³/mol. The van der Waals surface area contributed by atoms with Crippen LogP contribution in [0.1, 0.15) is 22.0 Å². The van der Waals surface area contributed by atoms with Crippen molar-refractivity contribution in [2.24, 2.45) is 0 Å². The maximum atomic E-state index is 12.3. The van der Waals surface area contributed by atoms with Gasteiger partial charge in [-0.05, 0) is 36.1 Å². The Balaban J connectivity index is 1.48. The van der Waals surface area contributed by atoms with Gasteiger partial charge in [-0.15, -0.1) is 11.3 Å². The Morgan fingerprint density at radius 3 is 2.48 bits per heavy atom. The summed E-state index contributed by atoms with van der Waals surface area (Å²) in [5.41, 5.74) is 2.36. The first-order valence-corrected chi connectivity index (χ1v) is 10.4. The van der Waals surface area contributed by atoms with E-state index in [-0.39, 0.29) is 18.5 Å². The van der Waals surface area contributed by atoms with Crippen LogP contribution in [0.5, 0.6) is 11.5 Å². The van der Waals surface area contributed by atoms with Gasteiger partial charge in [0.2, 0.25) is 5.91 Å². The number of ether oxygens (including phenoxy) is 2. The summed E-state index contributed by atoms with van der Waals surface area (Å²) in [6.45, 7) is 3.09. The van der Waals surface area contributed by atoms with Crippen LogP contribution in [-0.2, 0) is 4.79 Å². The average molecular weight is 411 g/mol. The Labute approximate surface area is 175 Å². The first-order valence-electron chi connectivity index (χ1n) is 9.53. The monoisotopic (exact) mass is 410 g/mol. The van der Waals surface area contributed by atoms with Gasteiger partial charge in [0.15, 0.2) is 11.5 Å². The lowest BCUT2D eigenvalue weighted by Gasteiger charge is -2.18. The maximum absolute atomic E-state index is 12.3. The summed E-state index contributed by atoms with van der Waals surface area (Å²) in [7, 11) is 1.60. The largest absolute Gasteiger partial charge is 0.493 e. The zero-order valence-corrected chi connectivity index (χ0v) is 17.5. The zero-order chi connectivity index (χ0) is 20.5. The van der Waals surface area contributed by atoms with Crippen molar-refractivity contribution in [3.63, 3.8) is 0 Å². The number of thiophene rings is 1. The molecule has 0 radical (unpaired) electrons. The highest BCUT2D eigenvalue weighted by atomic mass is 32.1. The summed E-state index contributed by atoms with van der Waals surface area (Å²) in [5.74, 6) is 1.28. The van der Waals surface area contributed by atoms with Gasteiger partial charge >= 0.3 is 0 Å². The number of aryl methyl sites for hydroxylation is 1. The molecule has 152 valence electrons. The molecule has 0 saturated carbocycles. The summed E-state index contributed by atoms with van der Waals surface area (Å²) in [5, 5.41) is 8.31. The van der Waals surface area contributed by atoms with Gasteiger partial charge < -0.3 is 14.8 Å². The number of rotatable bonds is 10. The number of hydrogen-bond donors (Lipinski definition) is 2. The van der Waals surface area contributed by atoms with E-state index in [1.54, 1.807) is 18.4 Å². The van der Waals surface area contributed by atoms with E-state index in [1.165, 1.54) is 10.4 Å². The molecule has 0 aliphatic rings. The smallest absolute Gasteiger partial charge is 0.234 e. The van der Waals surface area contributed by atoms with Crippen molar-refractivity contribution in [3.05, 3.63) is 82.0 Å². The summed E-state index contributed by atoms with van der Waals surface area (Å²) >= 11 is 1.68. The Kier molecular flexibility index (Phi) is 7.67. The second-order valence-electron chi connectivity index (χ2n) is 6.59. The number of carbonyl (C=O) groups excluding carboxylic acids is 1. The molecule has 2 aromatic carbocycles. The fourth-order valence-electron chi connectivity index (χ4n) is 2.94. The number of hydrogen-bond acceptors (Lipinski definition) is 5. The van der Waals surface area contributed by atoms with Crippen LogP contribution in [0, 0.1) is 6.92 Å². The van der Waals surface area contributed by atoms with Crippen LogP contribution in [0.25, 0.3) is 0 Å². The minimum absolute atomic E-state index is 0.00817. The van der Waals surface area contributed by atoms with E-state index in [0.717, 1.165) is 5.56 Å². The van der Waals surface area contributed by atoms with Gasteiger partial charge in [-0.25, -0.2) is 0 Å². The molecule has 1 atom stereocenters. The quantitative estimate of drug-likeness (QED) is 0.497. The summed E-state index contributed by atoms with van der Waals surface area (Å²) in [4.78, 5) is 13.5. The van der Waals surface area contributed by atoms with Gasteiger partial charge in [0, 0.05) is 4.88 Å². The van der Waals surface area contributed by atoms with Crippen molar-refractivity contribution in [2.45, 2.75) is 13.0 Å². The lowest BCUT2D eigenvalue weighted by molar-refractivity contribution is -0.120. The first-order chi connectivity index (χ1) is 14.2. The van der Waals surface area contributed by atoms with Crippen molar-refractivity contribution in [1.29, 1.82) is 0 Å². The van der Waals surface area contributed by atoms with Crippen LogP contribution in [0.2, 0.25) is 0 Å². The van der Waals surface area contributed by atoms with E-state index in [9.17, 15) is 4.79 Å². The molecular formula is C23H26N2O3S. The van der Waals surface area contributed by atoms with Crippen LogP contribution in [0.4, 0.5) is 0 Å². The van der Waals surface area contributed by atoms with Gasteiger partial charge in [0.05, 0.1) is 26.2 Å². The van der Waals surface area contributed by atoms with E-state index >= 15 is 0 Å². The molecule has 29 heavy (non-hydrogen) atoms. The molecule has 6 heteroatoms. The van der Waals surface area contributed by atoms with E-state index < -0.39 is 0 Å². The maximum Gasteiger partial charge on any atom is 0.234 e. The molecule has 0 fully saturated rings. The summed E-state index contributed by atoms with van der Waals surface area (Å²) < 4.78 is 10.9. The van der Waals surface area contributed by atoms with E-state index in [1.807, 2.05) is 35.7 Å².